The van der Waals surface area contributed by atoms with E-state index in [0.717, 1.165) is 16.6 Å². The van der Waals surface area contributed by atoms with Crippen molar-refractivity contribution in [1.82, 2.24) is 5.10 Å². The van der Waals surface area contributed by atoms with Gasteiger partial charge in [0.25, 0.3) is 0 Å². The highest BCUT2D eigenvalue weighted by atomic mass is 15.2. The summed E-state index contributed by atoms with van der Waals surface area (Å²) in [5.41, 5.74) is 3.30. The summed E-state index contributed by atoms with van der Waals surface area (Å²) in [6.07, 6.45) is 0. The number of rotatable bonds is 0. The van der Waals surface area contributed by atoms with Crippen LogP contribution in [0.15, 0.2) is 78.9 Å². The second kappa shape index (κ2) is 4.25. The molecule has 102 valence electrons. The highest BCUT2D eigenvalue weighted by Gasteiger charge is 2.17. The third-order valence-corrected chi connectivity index (χ3v) is 4.29. The maximum Gasteiger partial charge on any atom is 0.247 e. The van der Waals surface area contributed by atoms with Crippen molar-refractivity contribution in [2.24, 2.45) is 0 Å². The fourth-order valence-corrected chi connectivity index (χ4v) is 3.27. The molecule has 0 N–H and O–H groups in total. The molecule has 0 saturated heterocycles. The second-order valence-corrected chi connectivity index (χ2v) is 5.56. The molecule has 5 rings (SSSR count). The summed E-state index contributed by atoms with van der Waals surface area (Å²) < 4.78 is 2.07. The van der Waals surface area contributed by atoms with Gasteiger partial charge in [0.1, 0.15) is 5.52 Å². The highest BCUT2D eigenvalue weighted by Crippen LogP contribution is 2.26. The maximum absolute atomic E-state index is 4.87. The van der Waals surface area contributed by atoms with Crippen LogP contribution < -0.4 is 4.52 Å². The number of nitrogens with zero attached hydrogens (tertiary/aromatic N) is 2. The summed E-state index contributed by atoms with van der Waals surface area (Å²) in [5, 5.41) is 9.79. The molecular weight excluding hydrogens is 268 g/mol. The number of pyridine rings is 1. The van der Waals surface area contributed by atoms with Gasteiger partial charge >= 0.3 is 0 Å². The number of aromatic nitrogens is 2. The zero-order valence-electron chi connectivity index (χ0n) is 11.9. The van der Waals surface area contributed by atoms with Crippen LogP contribution in [-0.4, -0.2) is 5.10 Å². The molecule has 0 aliphatic heterocycles. The first-order chi connectivity index (χ1) is 10.9. The van der Waals surface area contributed by atoms with Gasteiger partial charge in [0, 0.05) is 28.0 Å². The van der Waals surface area contributed by atoms with Crippen LogP contribution in [0.2, 0.25) is 0 Å². The lowest BCUT2D eigenvalue weighted by Gasteiger charge is -2.03. The molecule has 0 aliphatic carbocycles. The Kier molecular flexibility index (Phi) is 2.25. The average molecular weight is 281 g/mol. The maximum atomic E-state index is 4.87. The fraction of sp³-hybridized carbons (Fsp3) is 0. The normalized spacial score (nSPS) is 11.6. The van der Waals surface area contributed by atoms with E-state index in [0.29, 0.717) is 0 Å². The number of hydrogen-bond acceptors (Lipinski definition) is 1. The van der Waals surface area contributed by atoms with E-state index in [-0.39, 0.29) is 0 Å². The Balaban J connectivity index is 2.17. The third-order valence-electron chi connectivity index (χ3n) is 4.29. The molecule has 22 heavy (non-hydrogen) atoms. The lowest BCUT2D eigenvalue weighted by Crippen LogP contribution is -2.28. The smallest absolute Gasteiger partial charge is 0.0616 e. The van der Waals surface area contributed by atoms with Gasteiger partial charge in [-0.2, -0.15) is 0 Å². The Labute approximate surface area is 127 Å². The van der Waals surface area contributed by atoms with E-state index in [9.17, 15) is 0 Å². The number of para-hydroxylation sites is 1. The minimum Gasteiger partial charge on any atom is -0.0616 e. The largest absolute Gasteiger partial charge is 0.247 e. The topological polar surface area (TPSA) is 17.0 Å². The molecule has 2 heterocycles. The number of hydrogen-bond donors (Lipinski definition) is 0. The van der Waals surface area contributed by atoms with E-state index in [4.69, 9.17) is 5.10 Å². The van der Waals surface area contributed by atoms with Gasteiger partial charge < -0.3 is 0 Å². The van der Waals surface area contributed by atoms with Crippen LogP contribution >= 0.6 is 0 Å². The van der Waals surface area contributed by atoms with Gasteiger partial charge in [-0.25, -0.2) is 0 Å². The predicted molar refractivity (Wildman–Crippen MR) is 89.9 cm³/mol. The molecule has 0 bridgehead atoms. The van der Waals surface area contributed by atoms with Crippen LogP contribution in [0.5, 0.6) is 0 Å². The van der Waals surface area contributed by atoms with Crippen molar-refractivity contribution in [2.75, 3.05) is 0 Å². The van der Waals surface area contributed by atoms with Crippen LogP contribution in [-0.2, 0) is 0 Å². The van der Waals surface area contributed by atoms with E-state index < -0.39 is 0 Å². The lowest BCUT2D eigenvalue weighted by molar-refractivity contribution is -0.548. The quantitative estimate of drug-likeness (QED) is 0.235. The van der Waals surface area contributed by atoms with Crippen molar-refractivity contribution in [3.63, 3.8) is 0 Å². The van der Waals surface area contributed by atoms with Crippen LogP contribution in [0.3, 0.4) is 0 Å². The molecular formula is C20H13N2+. The summed E-state index contributed by atoms with van der Waals surface area (Å²) in [6.45, 7) is 0. The SMILES string of the molecule is c1ccc2n[n+]3c4ccccc4c4ccccc4c3cc2c1. The Hall–Kier alpha value is -3.00. The minimum absolute atomic E-state index is 1.01. The van der Waals surface area contributed by atoms with Crippen LogP contribution in [0.1, 0.15) is 0 Å². The zero-order valence-corrected chi connectivity index (χ0v) is 11.9. The van der Waals surface area contributed by atoms with Crippen LogP contribution in [0.25, 0.3) is 38.1 Å². The Morgan fingerprint density at radius 1 is 0.591 bits per heavy atom. The number of benzene rings is 3. The summed E-state index contributed by atoms with van der Waals surface area (Å²) >= 11 is 0. The fourth-order valence-electron chi connectivity index (χ4n) is 3.27. The summed E-state index contributed by atoms with van der Waals surface area (Å²) in [5.74, 6) is 0. The first-order valence-electron chi connectivity index (χ1n) is 7.43. The van der Waals surface area contributed by atoms with E-state index >= 15 is 0 Å². The van der Waals surface area contributed by atoms with E-state index in [1.807, 2.05) is 6.07 Å². The molecule has 0 unspecified atom stereocenters. The molecule has 2 heteroatoms. The van der Waals surface area contributed by atoms with Gasteiger partial charge in [-0.15, -0.1) is 0 Å². The second-order valence-electron chi connectivity index (χ2n) is 5.56. The molecule has 0 amide bonds. The molecule has 0 aliphatic rings. The van der Waals surface area contributed by atoms with Crippen molar-refractivity contribution in [3.05, 3.63) is 78.9 Å². The molecule has 2 nitrogen and oxygen atoms in total. The predicted octanol–water partition coefficient (Wildman–Crippen LogP) is 4.28. The summed E-state index contributed by atoms with van der Waals surface area (Å²) in [4.78, 5) is 0. The monoisotopic (exact) mass is 281 g/mol. The summed E-state index contributed by atoms with van der Waals surface area (Å²) in [7, 11) is 0. The first-order valence-corrected chi connectivity index (χ1v) is 7.43. The molecule has 0 radical (unpaired) electrons. The molecule has 2 aromatic heterocycles. The molecule has 0 saturated carbocycles. The Bertz CT molecular complexity index is 1080. The first kappa shape index (κ1) is 11.6. The van der Waals surface area contributed by atoms with E-state index in [2.05, 4.69) is 77.3 Å². The van der Waals surface area contributed by atoms with E-state index in [1.165, 1.54) is 21.5 Å². The van der Waals surface area contributed by atoms with Gasteiger partial charge in [0.2, 0.25) is 11.0 Å². The number of fused-ring (bicyclic) bond motifs is 7. The highest BCUT2D eigenvalue weighted by molar-refractivity contribution is 6.10. The third kappa shape index (κ3) is 1.49. The zero-order chi connectivity index (χ0) is 14.5. The van der Waals surface area contributed by atoms with Crippen LogP contribution in [0.4, 0.5) is 0 Å². The van der Waals surface area contributed by atoms with Crippen molar-refractivity contribution in [2.45, 2.75) is 0 Å². The Morgan fingerprint density at radius 2 is 1.23 bits per heavy atom. The molecule has 5 aromatic rings. The van der Waals surface area contributed by atoms with Crippen molar-refractivity contribution in [3.8, 4) is 0 Å². The van der Waals surface area contributed by atoms with Gasteiger partial charge in [0.05, 0.1) is 10.8 Å². The van der Waals surface area contributed by atoms with Crippen molar-refractivity contribution in [1.29, 1.82) is 0 Å². The molecule has 0 fully saturated rings. The molecule has 0 spiro atoms. The minimum atomic E-state index is 1.01. The molecule has 0 atom stereocenters. The van der Waals surface area contributed by atoms with Gasteiger partial charge in [-0.1, -0.05) is 48.5 Å². The van der Waals surface area contributed by atoms with Crippen LogP contribution in [0, 0.1) is 0 Å². The van der Waals surface area contributed by atoms with Gasteiger partial charge in [-0.3, -0.25) is 0 Å². The Morgan fingerprint density at radius 3 is 2.09 bits per heavy atom. The lowest BCUT2D eigenvalue weighted by atomic mass is 10.0. The van der Waals surface area contributed by atoms with Crippen molar-refractivity contribution >= 4 is 38.1 Å². The molecule has 3 aromatic carbocycles. The van der Waals surface area contributed by atoms with E-state index in [1.54, 1.807) is 0 Å². The van der Waals surface area contributed by atoms with Crippen molar-refractivity contribution < 1.29 is 4.52 Å². The standard InChI is InChI=1S/C20H13N2/c1-5-11-18-14(7-1)13-20-17-10-3-2-8-15(17)16-9-4-6-12-19(16)22(20)21-18/h1-13H/q+1. The van der Waals surface area contributed by atoms with Gasteiger partial charge in [0.15, 0.2) is 0 Å². The summed E-state index contributed by atoms with van der Waals surface area (Å²) in [6, 6.07) is 27.5. The average Bonchev–Trinajstić information content (AvgIpc) is 2.61. The van der Waals surface area contributed by atoms with Gasteiger partial charge in [-0.05, 0) is 22.7 Å².